The van der Waals surface area contributed by atoms with Crippen LogP contribution in [0.2, 0.25) is 0 Å². The molecule has 2 N–H and O–H groups in total. The van der Waals surface area contributed by atoms with Crippen molar-refractivity contribution in [1.29, 1.82) is 0 Å². The maximum atomic E-state index is 11.9. The second kappa shape index (κ2) is 7.52. The van der Waals surface area contributed by atoms with Gasteiger partial charge in [0.1, 0.15) is 23.5 Å². The van der Waals surface area contributed by atoms with Crippen LogP contribution in [0, 0.1) is 29.6 Å². The molecule has 4 heterocycles. The molecule has 6 rings (SSSR count). The molecule has 2 aromatic heterocycles. The molecule has 1 amide bonds. The number of para-hydroxylation sites is 1. The number of nitrogens with zero attached hydrogens (tertiary/aromatic N) is 4. The highest BCUT2D eigenvalue weighted by molar-refractivity contribution is 6.05. The normalized spacial score (nSPS) is 22.0. The van der Waals surface area contributed by atoms with E-state index in [4.69, 9.17) is 15.2 Å². The van der Waals surface area contributed by atoms with E-state index in [2.05, 4.69) is 46.8 Å². The molecule has 2 aliphatic heterocycles. The molecule has 3 aliphatic rings. The zero-order valence-electron chi connectivity index (χ0n) is 19.1. The molecule has 0 spiro atoms. The van der Waals surface area contributed by atoms with Gasteiger partial charge in [0.2, 0.25) is 12.7 Å². The Labute approximate surface area is 197 Å². The van der Waals surface area contributed by atoms with Crippen LogP contribution in [0.1, 0.15) is 25.6 Å². The van der Waals surface area contributed by atoms with Crippen molar-refractivity contribution in [2.24, 2.45) is 17.8 Å². The lowest BCUT2D eigenvalue weighted by Crippen LogP contribution is -2.29. The first-order valence-corrected chi connectivity index (χ1v) is 11.5. The molecule has 3 aromatic rings. The molecule has 1 unspecified atom stereocenters. The molecule has 2 fully saturated rings. The number of rotatable bonds is 3. The van der Waals surface area contributed by atoms with Crippen LogP contribution in [0.4, 0.5) is 5.82 Å². The van der Waals surface area contributed by atoms with Crippen LogP contribution in [-0.4, -0.2) is 45.2 Å². The first kappa shape index (κ1) is 20.6. The lowest BCUT2D eigenvalue weighted by molar-refractivity contribution is -0.125. The van der Waals surface area contributed by atoms with Crippen LogP contribution in [0.25, 0.3) is 22.2 Å². The van der Waals surface area contributed by atoms with Gasteiger partial charge in [0.25, 0.3) is 0 Å². The smallest absolute Gasteiger partial charge is 0.245 e. The number of hydrogen-bond donors (Lipinski definition) is 1. The zero-order chi connectivity index (χ0) is 23.6. The van der Waals surface area contributed by atoms with E-state index in [1.54, 1.807) is 0 Å². The molecule has 1 saturated heterocycles. The number of likely N-dealkylation sites (tertiary alicyclic amines) is 1. The molecule has 1 aliphatic carbocycles. The van der Waals surface area contributed by atoms with E-state index >= 15 is 0 Å². The Morgan fingerprint density at radius 2 is 2.06 bits per heavy atom. The fourth-order valence-electron chi connectivity index (χ4n) is 5.37. The predicted octanol–water partition coefficient (Wildman–Crippen LogP) is 3.23. The third-order valence-electron chi connectivity index (χ3n) is 7.03. The van der Waals surface area contributed by atoms with Crippen molar-refractivity contribution in [3.05, 3.63) is 42.9 Å². The van der Waals surface area contributed by atoms with E-state index < -0.39 is 0 Å². The highest BCUT2D eigenvalue weighted by Gasteiger charge is 2.55. The number of piperidine rings is 1. The highest BCUT2D eigenvalue weighted by Crippen LogP contribution is 2.52. The standard InChI is InChI=1S/C26H25N5O3/c1-4-21(32)30-10-17-15(18(17)11-30)8-9-19-22(16-6-5-7-20-24(16)34-13-33-20)23-25(27)28-12-29-26(23)31(19)14(2)3/h4-7,12,14-15,17-18H,1,10-11,13H2,2-3H3,(H2,27,28,29)/t15?,17-,18+. The number of fused-ring (bicyclic) bond motifs is 3. The van der Waals surface area contributed by atoms with Gasteiger partial charge >= 0.3 is 0 Å². The third kappa shape index (κ3) is 2.97. The van der Waals surface area contributed by atoms with Crippen molar-refractivity contribution in [3.8, 4) is 34.5 Å². The van der Waals surface area contributed by atoms with Gasteiger partial charge in [0.15, 0.2) is 11.5 Å². The summed E-state index contributed by atoms with van der Waals surface area (Å²) in [5, 5.41) is 0.767. The van der Waals surface area contributed by atoms with E-state index in [-0.39, 0.29) is 24.7 Å². The van der Waals surface area contributed by atoms with Crippen molar-refractivity contribution in [1.82, 2.24) is 19.4 Å². The van der Waals surface area contributed by atoms with Gasteiger partial charge in [0, 0.05) is 36.2 Å². The Morgan fingerprint density at radius 3 is 2.79 bits per heavy atom. The van der Waals surface area contributed by atoms with Crippen molar-refractivity contribution in [3.63, 3.8) is 0 Å². The summed E-state index contributed by atoms with van der Waals surface area (Å²) in [7, 11) is 0. The highest BCUT2D eigenvalue weighted by atomic mass is 16.7. The van der Waals surface area contributed by atoms with Gasteiger partial charge in [-0.15, -0.1) is 0 Å². The van der Waals surface area contributed by atoms with Crippen LogP contribution < -0.4 is 15.2 Å². The molecule has 8 nitrogen and oxygen atoms in total. The minimum absolute atomic E-state index is 0.00432. The van der Waals surface area contributed by atoms with E-state index in [1.807, 2.05) is 23.1 Å². The van der Waals surface area contributed by atoms with Gasteiger partial charge in [-0.25, -0.2) is 9.97 Å². The number of ether oxygens (including phenoxy) is 2. The van der Waals surface area contributed by atoms with E-state index in [0.29, 0.717) is 29.2 Å². The Kier molecular flexibility index (Phi) is 4.56. The lowest BCUT2D eigenvalue weighted by atomic mass is 10.0. The summed E-state index contributed by atoms with van der Waals surface area (Å²) in [6, 6.07) is 5.92. The number of nitrogen functional groups attached to an aromatic ring is 1. The molecule has 0 bridgehead atoms. The van der Waals surface area contributed by atoms with Gasteiger partial charge in [-0.1, -0.05) is 24.6 Å². The lowest BCUT2D eigenvalue weighted by Gasteiger charge is -2.16. The minimum Gasteiger partial charge on any atom is -0.454 e. The molecule has 8 heteroatoms. The quantitative estimate of drug-likeness (QED) is 0.481. The molecule has 0 radical (unpaired) electrons. The van der Waals surface area contributed by atoms with E-state index in [9.17, 15) is 4.79 Å². The van der Waals surface area contributed by atoms with Crippen molar-refractivity contribution >= 4 is 22.8 Å². The second-order valence-electron chi connectivity index (χ2n) is 9.25. The van der Waals surface area contributed by atoms with Gasteiger partial charge in [-0.3, -0.25) is 4.79 Å². The largest absolute Gasteiger partial charge is 0.454 e. The van der Waals surface area contributed by atoms with Gasteiger partial charge < -0.3 is 24.7 Å². The number of amides is 1. The maximum absolute atomic E-state index is 11.9. The Morgan fingerprint density at radius 1 is 1.26 bits per heavy atom. The fraction of sp³-hybridized carbons (Fsp3) is 0.346. The summed E-state index contributed by atoms with van der Waals surface area (Å²) in [5.41, 5.74) is 9.71. The maximum Gasteiger partial charge on any atom is 0.245 e. The van der Waals surface area contributed by atoms with Crippen LogP contribution in [0.15, 0.2) is 37.2 Å². The number of anilines is 1. The number of carbonyl (C=O) groups excluding carboxylic acids is 1. The van der Waals surface area contributed by atoms with Crippen LogP contribution in [0.5, 0.6) is 11.5 Å². The topological polar surface area (TPSA) is 95.5 Å². The average molecular weight is 456 g/mol. The Hall–Kier alpha value is -3.99. The summed E-state index contributed by atoms with van der Waals surface area (Å²) >= 11 is 0. The van der Waals surface area contributed by atoms with Gasteiger partial charge in [-0.2, -0.15) is 0 Å². The monoisotopic (exact) mass is 455 g/mol. The van der Waals surface area contributed by atoms with Gasteiger partial charge in [0.05, 0.1) is 5.39 Å². The molecule has 3 atom stereocenters. The number of nitrogens with two attached hydrogens (primary N) is 1. The summed E-state index contributed by atoms with van der Waals surface area (Å²) in [6.07, 6.45) is 2.87. The first-order chi connectivity index (χ1) is 16.5. The molecular formula is C26H25N5O3. The fourth-order valence-corrected chi connectivity index (χ4v) is 5.37. The SMILES string of the molecule is C=CC(=O)N1C[C@@H]2C(C#Cc3c(-c4cccc5c4OCO5)c4c(N)ncnc4n3C(C)C)[C@@H]2C1. The Bertz CT molecular complexity index is 1400. The number of aromatic nitrogens is 3. The van der Waals surface area contributed by atoms with Gasteiger partial charge in [-0.05, 0) is 43.7 Å². The van der Waals surface area contributed by atoms with Crippen LogP contribution in [-0.2, 0) is 4.79 Å². The second-order valence-corrected chi connectivity index (χ2v) is 9.25. The summed E-state index contributed by atoms with van der Waals surface area (Å²) in [4.78, 5) is 22.6. The molecular weight excluding hydrogens is 430 g/mol. The predicted molar refractivity (Wildman–Crippen MR) is 128 cm³/mol. The number of hydrogen-bond acceptors (Lipinski definition) is 6. The summed E-state index contributed by atoms with van der Waals surface area (Å²) in [5.74, 6) is 9.87. The summed E-state index contributed by atoms with van der Waals surface area (Å²) < 4.78 is 13.6. The molecule has 1 aromatic carbocycles. The molecule has 34 heavy (non-hydrogen) atoms. The van der Waals surface area contributed by atoms with Crippen molar-refractivity contribution < 1.29 is 14.3 Å². The van der Waals surface area contributed by atoms with Crippen LogP contribution >= 0.6 is 0 Å². The van der Waals surface area contributed by atoms with Crippen LogP contribution in [0.3, 0.4) is 0 Å². The average Bonchev–Trinajstić information content (AvgIpc) is 3.26. The first-order valence-electron chi connectivity index (χ1n) is 11.5. The number of benzene rings is 1. The van der Waals surface area contributed by atoms with E-state index in [1.165, 1.54) is 12.4 Å². The summed E-state index contributed by atoms with van der Waals surface area (Å²) in [6.45, 7) is 9.46. The number of carbonyl (C=O) groups is 1. The molecule has 172 valence electrons. The van der Waals surface area contributed by atoms with Crippen molar-refractivity contribution in [2.75, 3.05) is 25.6 Å². The van der Waals surface area contributed by atoms with Crippen molar-refractivity contribution in [2.45, 2.75) is 19.9 Å². The minimum atomic E-state index is -0.00432. The van der Waals surface area contributed by atoms with E-state index in [0.717, 1.165) is 40.9 Å². The Balaban J connectivity index is 1.49. The molecule has 1 saturated carbocycles. The third-order valence-corrected chi connectivity index (χ3v) is 7.03. The zero-order valence-corrected chi connectivity index (χ0v) is 19.1.